The molecule has 0 saturated carbocycles. The van der Waals surface area contributed by atoms with E-state index in [1.54, 1.807) is 6.07 Å². The van der Waals surface area contributed by atoms with Crippen molar-refractivity contribution in [2.24, 2.45) is 0 Å². The first kappa shape index (κ1) is 14.3. The van der Waals surface area contributed by atoms with Gasteiger partial charge in [0, 0.05) is 12.1 Å². The summed E-state index contributed by atoms with van der Waals surface area (Å²) >= 11 is 0. The minimum Gasteiger partial charge on any atom is -0.479 e. The van der Waals surface area contributed by atoms with Gasteiger partial charge in [-0.1, -0.05) is 30.3 Å². The van der Waals surface area contributed by atoms with E-state index in [0.29, 0.717) is 17.9 Å². The van der Waals surface area contributed by atoms with Crippen LogP contribution < -0.4 is 0 Å². The number of ether oxygens (including phenoxy) is 1. The number of hydrogen-bond donors (Lipinski definition) is 2. The Balaban J connectivity index is 1.76. The molecule has 1 aromatic heterocycles. The summed E-state index contributed by atoms with van der Waals surface area (Å²) in [4.78, 5) is 24.8. The molecule has 7 nitrogen and oxygen atoms in total. The number of carboxylic acids is 1. The number of rotatable bonds is 3. The predicted molar refractivity (Wildman–Crippen MR) is 77.3 cm³/mol. The molecule has 1 fully saturated rings. The molecule has 0 spiro atoms. The first-order valence-corrected chi connectivity index (χ1v) is 6.89. The molecule has 2 aromatic rings. The minimum absolute atomic E-state index is 0.0356. The average Bonchev–Trinajstić information content (AvgIpc) is 3.05. The Bertz CT molecular complexity index is 683. The van der Waals surface area contributed by atoms with Crippen LogP contribution in [-0.4, -0.2) is 57.9 Å². The Kier molecular flexibility index (Phi) is 3.88. The van der Waals surface area contributed by atoms with Crippen LogP contribution in [0.5, 0.6) is 0 Å². The van der Waals surface area contributed by atoms with Gasteiger partial charge >= 0.3 is 5.97 Å². The zero-order chi connectivity index (χ0) is 15.5. The molecule has 1 amide bonds. The van der Waals surface area contributed by atoms with Gasteiger partial charge in [-0.05, 0) is 6.07 Å². The van der Waals surface area contributed by atoms with Crippen molar-refractivity contribution in [3.8, 4) is 11.3 Å². The molecule has 3 rings (SSSR count). The number of nitrogens with one attached hydrogen (secondary N) is 1. The highest BCUT2D eigenvalue weighted by Crippen LogP contribution is 2.18. The fourth-order valence-corrected chi connectivity index (χ4v) is 2.34. The van der Waals surface area contributed by atoms with Crippen LogP contribution >= 0.6 is 0 Å². The van der Waals surface area contributed by atoms with Gasteiger partial charge in [0.25, 0.3) is 5.91 Å². The number of carbonyl (C=O) groups excluding carboxylic acids is 1. The number of morpholine rings is 1. The number of carbonyl (C=O) groups is 2. The predicted octanol–water partition coefficient (Wildman–Crippen LogP) is 1.00. The van der Waals surface area contributed by atoms with Crippen molar-refractivity contribution in [2.75, 3.05) is 19.7 Å². The number of H-pyrrole nitrogens is 1. The largest absolute Gasteiger partial charge is 0.479 e. The molecule has 1 aliphatic rings. The van der Waals surface area contributed by atoms with E-state index in [1.165, 1.54) is 4.90 Å². The second-order valence-electron chi connectivity index (χ2n) is 4.98. The summed E-state index contributed by atoms with van der Waals surface area (Å²) in [7, 11) is 0. The highest BCUT2D eigenvalue weighted by atomic mass is 16.5. The SMILES string of the molecule is O=C(O)[C@H]1CN(C(=O)c2cc(-c3ccccc3)n[nH]2)CCO1. The topological polar surface area (TPSA) is 95.5 Å². The van der Waals surface area contributed by atoms with Crippen molar-refractivity contribution in [1.82, 2.24) is 15.1 Å². The number of aromatic nitrogens is 2. The van der Waals surface area contributed by atoms with E-state index in [0.717, 1.165) is 5.56 Å². The van der Waals surface area contributed by atoms with Crippen LogP contribution in [-0.2, 0) is 9.53 Å². The van der Waals surface area contributed by atoms with Crippen LogP contribution in [0.3, 0.4) is 0 Å². The van der Waals surface area contributed by atoms with Crippen LogP contribution in [0.1, 0.15) is 10.5 Å². The highest BCUT2D eigenvalue weighted by Gasteiger charge is 2.30. The summed E-state index contributed by atoms with van der Waals surface area (Å²) in [5, 5.41) is 15.8. The maximum absolute atomic E-state index is 12.4. The lowest BCUT2D eigenvalue weighted by atomic mass is 10.1. The molecule has 2 N–H and O–H groups in total. The van der Waals surface area contributed by atoms with E-state index in [2.05, 4.69) is 10.2 Å². The molecule has 0 radical (unpaired) electrons. The van der Waals surface area contributed by atoms with Gasteiger partial charge in [-0.15, -0.1) is 0 Å². The number of carboxylic acid groups (broad SMARTS) is 1. The Morgan fingerprint density at radius 2 is 2.09 bits per heavy atom. The van der Waals surface area contributed by atoms with E-state index >= 15 is 0 Å². The quantitative estimate of drug-likeness (QED) is 0.882. The molecule has 1 aliphatic heterocycles. The van der Waals surface area contributed by atoms with Crippen LogP contribution in [0, 0.1) is 0 Å². The molecular weight excluding hydrogens is 286 g/mol. The fourth-order valence-electron chi connectivity index (χ4n) is 2.34. The summed E-state index contributed by atoms with van der Waals surface area (Å²) in [6.07, 6.45) is -0.978. The summed E-state index contributed by atoms with van der Waals surface area (Å²) < 4.78 is 5.11. The van der Waals surface area contributed by atoms with E-state index in [-0.39, 0.29) is 19.1 Å². The normalized spacial score (nSPS) is 18.2. The van der Waals surface area contributed by atoms with Gasteiger partial charge in [-0.2, -0.15) is 5.10 Å². The molecule has 0 aliphatic carbocycles. The lowest BCUT2D eigenvalue weighted by molar-refractivity contribution is -0.154. The third-order valence-electron chi connectivity index (χ3n) is 3.51. The summed E-state index contributed by atoms with van der Waals surface area (Å²) in [5.41, 5.74) is 1.92. The standard InChI is InChI=1S/C15H15N3O4/c19-14(18-6-7-22-13(9-18)15(20)21)12-8-11(16-17-12)10-4-2-1-3-5-10/h1-5,8,13H,6-7,9H2,(H,16,17)(H,20,21)/t13-/m1/s1. The van der Waals surface area contributed by atoms with Crippen molar-refractivity contribution in [1.29, 1.82) is 0 Å². The number of nitrogens with zero attached hydrogens (tertiary/aromatic N) is 2. The van der Waals surface area contributed by atoms with Crippen molar-refractivity contribution >= 4 is 11.9 Å². The first-order chi connectivity index (χ1) is 10.6. The lowest BCUT2D eigenvalue weighted by Gasteiger charge is -2.30. The van der Waals surface area contributed by atoms with Crippen molar-refractivity contribution in [3.63, 3.8) is 0 Å². The van der Waals surface area contributed by atoms with Gasteiger partial charge in [-0.25, -0.2) is 4.79 Å². The van der Waals surface area contributed by atoms with Crippen molar-refractivity contribution in [2.45, 2.75) is 6.10 Å². The first-order valence-electron chi connectivity index (χ1n) is 6.89. The molecule has 0 unspecified atom stereocenters. The van der Waals surface area contributed by atoms with E-state index in [1.807, 2.05) is 30.3 Å². The molecular formula is C15H15N3O4. The third kappa shape index (κ3) is 2.84. The smallest absolute Gasteiger partial charge is 0.334 e. The van der Waals surface area contributed by atoms with E-state index in [9.17, 15) is 9.59 Å². The number of amides is 1. The number of hydrogen-bond acceptors (Lipinski definition) is 4. The van der Waals surface area contributed by atoms with Crippen molar-refractivity contribution in [3.05, 3.63) is 42.1 Å². The van der Waals surface area contributed by atoms with Gasteiger partial charge in [0.05, 0.1) is 18.8 Å². The van der Waals surface area contributed by atoms with E-state index < -0.39 is 12.1 Å². The van der Waals surface area contributed by atoms with Crippen LogP contribution in [0.4, 0.5) is 0 Å². The monoisotopic (exact) mass is 301 g/mol. The molecule has 1 atom stereocenters. The molecule has 114 valence electrons. The van der Waals surface area contributed by atoms with Crippen LogP contribution in [0.15, 0.2) is 36.4 Å². The maximum atomic E-state index is 12.4. The average molecular weight is 301 g/mol. The Hall–Kier alpha value is -2.67. The Morgan fingerprint density at radius 3 is 2.82 bits per heavy atom. The van der Waals surface area contributed by atoms with Crippen LogP contribution in [0.2, 0.25) is 0 Å². The zero-order valence-electron chi connectivity index (χ0n) is 11.7. The molecule has 22 heavy (non-hydrogen) atoms. The third-order valence-corrected chi connectivity index (χ3v) is 3.51. The molecule has 1 aromatic carbocycles. The van der Waals surface area contributed by atoms with E-state index in [4.69, 9.17) is 9.84 Å². The summed E-state index contributed by atoms with van der Waals surface area (Å²) in [6.45, 7) is 0.610. The number of aliphatic carboxylic acids is 1. The second-order valence-corrected chi connectivity index (χ2v) is 4.98. The lowest BCUT2D eigenvalue weighted by Crippen LogP contribution is -2.48. The summed E-state index contributed by atoms with van der Waals surface area (Å²) in [6, 6.07) is 11.2. The zero-order valence-corrected chi connectivity index (χ0v) is 11.7. The molecule has 7 heteroatoms. The molecule has 2 heterocycles. The van der Waals surface area contributed by atoms with Gasteiger partial charge in [0.2, 0.25) is 0 Å². The van der Waals surface area contributed by atoms with Gasteiger partial charge in [0.15, 0.2) is 6.10 Å². The van der Waals surface area contributed by atoms with Gasteiger partial charge < -0.3 is 14.7 Å². The van der Waals surface area contributed by atoms with Crippen molar-refractivity contribution < 1.29 is 19.4 Å². The maximum Gasteiger partial charge on any atom is 0.334 e. The molecule has 0 bridgehead atoms. The van der Waals surface area contributed by atoms with Crippen LogP contribution in [0.25, 0.3) is 11.3 Å². The number of aromatic amines is 1. The Morgan fingerprint density at radius 1 is 1.32 bits per heavy atom. The minimum atomic E-state index is -1.06. The fraction of sp³-hybridized carbons (Fsp3) is 0.267. The second kappa shape index (κ2) is 5.98. The van der Waals surface area contributed by atoms with Gasteiger partial charge in [-0.3, -0.25) is 9.89 Å². The number of benzene rings is 1. The highest BCUT2D eigenvalue weighted by molar-refractivity contribution is 5.93. The Labute approximate surface area is 126 Å². The molecule has 1 saturated heterocycles. The summed E-state index contributed by atoms with van der Waals surface area (Å²) in [5.74, 6) is -1.34. The van der Waals surface area contributed by atoms with Gasteiger partial charge in [0.1, 0.15) is 5.69 Å².